The van der Waals surface area contributed by atoms with Crippen LogP contribution in [0.2, 0.25) is 0 Å². The van der Waals surface area contributed by atoms with Crippen LogP contribution in [0.1, 0.15) is 18.9 Å². The van der Waals surface area contributed by atoms with Gasteiger partial charge in [-0.05, 0) is 22.8 Å². The largest absolute Gasteiger partial charge is 0.395 e. The fourth-order valence-corrected chi connectivity index (χ4v) is 2.04. The maximum Gasteiger partial charge on any atom is 0.0584 e. The Bertz CT molecular complexity index is 477. The van der Waals surface area contributed by atoms with Crippen LogP contribution in [0.25, 0.3) is 10.8 Å². The molecular weight excluding hydrogens is 246 g/mol. The molecular formula is C15H20ClNO. The molecule has 0 amide bonds. The number of rotatable bonds is 5. The molecule has 0 heterocycles. The molecule has 0 bridgehead atoms. The summed E-state index contributed by atoms with van der Waals surface area (Å²) in [6.45, 7) is 3.08. The standard InChI is InChI=1S/C15H19NO.ClH/c1-2-14(11-17)16-10-13-8-5-7-12-6-3-4-9-15(12)13;/h3-9,14,16-17H,2,10-11H2,1H3;1H. The Labute approximate surface area is 114 Å². The number of hydrogen-bond donors (Lipinski definition) is 2. The molecule has 0 fully saturated rings. The average molecular weight is 266 g/mol. The van der Waals surface area contributed by atoms with Crippen molar-refractivity contribution >= 4 is 23.2 Å². The quantitative estimate of drug-likeness (QED) is 0.871. The van der Waals surface area contributed by atoms with Crippen LogP contribution in [-0.4, -0.2) is 17.8 Å². The van der Waals surface area contributed by atoms with Crippen molar-refractivity contribution in [3.63, 3.8) is 0 Å². The van der Waals surface area contributed by atoms with E-state index in [0.29, 0.717) is 0 Å². The Morgan fingerprint density at radius 1 is 1.11 bits per heavy atom. The zero-order chi connectivity index (χ0) is 12.1. The zero-order valence-corrected chi connectivity index (χ0v) is 11.4. The van der Waals surface area contributed by atoms with E-state index < -0.39 is 0 Å². The summed E-state index contributed by atoms with van der Waals surface area (Å²) in [5, 5.41) is 15.1. The molecule has 0 saturated carbocycles. The first kappa shape index (κ1) is 15.0. The molecule has 0 radical (unpaired) electrons. The molecule has 0 saturated heterocycles. The molecule has 2 rings (SSSR count). The lowest BCUT2D eigenvalue weighted by atomic mass is 10.0. The third-order valence-corrected chi connectivity index (χ3v) is 3.17. The second-order valence-corrected chi connectivity index (χ2v) is 4.31. The van der Waals surface area contributed by atoms with Crippen molar-refractivity contribution in [3.05, 3.63) is 48.0 Å². The lowest BCUT2D eigenvalue weighted by molar-refractivity contribution is 0.238. The van der Waals surface area contributed by atoms with E-state index in [1.165, 1.54) is 16.3 Å². The van der Waals surface area contributed by atoms with Crippen molar-refractivity contribution in [2.75, 3.05) is 6.61 Å². The van der Waals surface area contributed by atoms with E-state index in [2.05, 4.69) is 54.7 Å². The summed E-state index contributed by atoms with van der Waals surface area (Å²) in [4.78, 5) is 0. The smallest absolute Gasteiger partial charge is 0.0584 e. The Morgan fingerprint density at radius 3 is 2.56 bits per heavy atom. The summed E-state index contributed by atoms with van der Waals surface area (Å²) in [6.07, 6.45) is 0.946. The number of fused-ring (bicyclic) bond motifs is 1. The molecule has 0 aliphatic rings. The van der Waals surface area contributed by atoms with Gasteiger partial charge in [0.2, 0.25) is 0 Å². The number of aliphatic hydroxyl groups excluding tert-OH is 1. The molecule has 2 nitrogen and oxygen atoms in total. The Kier molecular flexibility index (Phi) is 6.13. The predicted molar refractivity (Wildman–Crippen MR) is 79.2 cm³/mol. The molecule has 0 aliphatic carbocycles. The summed E-state index contributed by atoms with van der Waals surface area (Å²) in [5.74, 6) is 0. The van der Waals surface area contributed by atoms with Crippen LogP contribution >= 0.6 is 12.4 Å². The molecule has 2 aromatic carbocycles. The Balaban J connectivity index is 0.00000162. The van der Waals surface area contributed by atoms with Crippen LogP contribution in [0.15, 0.2) is 42.5 Å². The first-order valence-corrected chi connectivity index (χ1v) is 6.16. The van der Waals surface area contributed by atoms with Crippen molar-refractivity contribution < 1.29 is 5.11 Å². The highest BCUT2D eigenvalue weighted by Crippen LogP contribution is 2.18. The minimum Gasteiger partial charge on any atom is -0.395 e. The lowest BCUT2D eigenvalue weighted by Crippen LogP contribution is -2.31. The summed E-state index contributed by atoms with van der Waals surface area (Å²) < 4.78 is 0. The molecule has 0 spiro atoms. The van der Waals surface area contributed by atoms with Gasteiger partial charge in [0, 0.05) is 12.6 Å². The highest BCUT2D eigenvalue weighted by Gasteiger charge is 2.05. The third kappa shape index (κ3) is 3.45. The molecule has 98 valence electrons. The van der Waals surface area contributed by atoms with Gasteiger partial charge in [0.05, 0.1) is 6.61 Å². The predicted octanol–water partition coefficient (Wildman–Crippen LogP) is 3.12. The summed E-state index contributed by atoms with van der Waals surface area (Å²) in [6, 6.07) is 14.9. The summed E-state index contributed by atoms with van der Waals surface area (Å²) >= 11 is 0. The second kappa shape index (κ2) is 7.37. The van der Waals surface area contributed by atoms with E-state index in [9.17, 15) is 0 Å². The number of halogens is 1. The highest BCUT2D eigenvalue weighted by molar-refractivity contribution is 5.85. The molecule has 0 aromatic heterocycles. The molecule has 1 atom stereocenters. The topological polar surface area (TPSA) is 32.3 Å². The molecule has 1 unspecified atom stereocenters. The van der Waals surface area contributed by atoms with Gasteiger partial charge in [0.1, 0.15) is 0 Å². The number of benzene rings is 2. The van der Waals surface area contributed by atoms with E-state index in [4.69, 9.17) is 5.11 Å². The number of aliphatic hydroxyl groups is 1. The van der Waals surface area contributed by atoms with Crippen LogP contribution in [0.4, 0.5) is 0 Å². The second-order valence-electron chi connectivity index (χ2n) is 4.31. The van der Waals surface area contributed by atoms with E-state index >= 15 is 0 Å². The van der Waals surface area contributed by atoms with Gasteiger partial charge in [-0.15, -0.1) is 12.4 Å². The van der Waals surface area contributed by atoms with Crippen molar-refractivity contribution in [2.24, 2.45) is 0 Å². The van der Waals surface area contributed by atoms with Crippen LogP contribution in [-0.2, 0) is 6.54 Å². The van der Waals surface area contributed by atoms with Gasteiger partial charge in [-0.2, -0.15) is 0 Å². The lowest BCUT2D eigenvalue weighted by Gasteiger charge is -2.15. The molecule has 18 heavy (non-hydrogen) atoms. The van der Waals surface area contributed by atoms with Crippen LogP contribution in [0.3, 0.4) is 0 Å². The summed E-state index contributed by atoms with van der Waals surface area (Å²) in [7, 11) is 0. The molecule has 2 N–H and O–H groups in total. The van der Waals surface area contributed by atoms with Gasteiger partial charge in [-0.1, -0.05) is 49.4 Å². The van der Waals surface area contributed by atoms with Crippen LogP contribution in [0, 0.1) is 0 Å². The van der Waals surface area contributed by atoms with Gasteiger partial charge in [0.15, 0.2) is 0 Å². The van der Waals surface area contributed by atoms with Gasteiger partial charge in [-0.25, -0.2) is 0 Å². The molecule has 2 aromatic rings. The van der Waals surface area contributed by atoms with Crippen molar-refractivity contribution in [3.8, 4) is 0 Å². The molecule has 3 heteroatoms. The maximum atomic E-state index is 9.15. The Morgan fingerprint density at radius 2 is 1.83 bits per heavy atom. The third-order valence-electron chi connectivity index (χ3n) is 3.17. The average Bonchev–Trinajstić information content (AvgIpc) is 2.40. The van der Waals surface area contributed by atoms with Crippen molar-refractivity contribution in [1.82, 2.24) is 5.32 Å². The normalized spacial score (nSPS) is 12.1. The van der Waals surface area contributed by atoms with Crippen molar-refractivity contribution in [2.45, 2.75) is 25.9 Å². The van der Waals surface area contributed by atoms with Gasteiger partial charge < -0.3 is 10.4 Å². The fourth-order valence-electron chi connectivity index (χ4n) is 2.04. The molecule has 0 aliphatic heterocycles. The van der Waals surface area contributed by atoms with Gasteiger partial charge >= 0.3 is 0 Å². The first-order chi connectivity index (χ1) is 8.35. The van der Waals surface area contributed by atoms with Crippen LogP contribution in [0.5, 0.6) is 0 Å². The van der Waals surface area contributed by atoms with E-state index in [1.807, 2.05) is 0 Å². The monoisotopic (exact) mass is 265 g/mol. The van der Waals surface area contributed by atoms with Gasteiger partial charge in [0.25, 0.3) is 0 Å². The number of hydrogen-bond acceptors (Lipinski definition) is 2. The van der Waals surface area contributed by atoms with E-state index in [1.54, 1.807) is 0 Å². The summed E-state index contributed by atoms with van der Waals surface area (Å²) in [5.41, 5.74) is 1.29. The first-order valence-electron chi connectivity index (χ1n) is 6.16. The SMILES string of the molecule is CCC(CO)NCc1cccc2ccccc12.Cl. The van der Waals surface area contributed by atoms with Gasteiger partial charge in [-0.3, -0.25) is 0 Å². The van der Waals surface area contributed by atoms with E-state index in [-0.39, 0.29) is 25.1 Å². The number of nitrogens with one attached hydrogen (secondary N) is 1. The van der Waals surface area contributed by atoms with Crippen LogP contribution < -0.4 is 5.32 Å². The minimum atomic E-state index is 0. The minimum absolute atomic E-state index is 0. The fraction of sp³-hybridized carbons (Fsp3) is 0.333. The van der Waals surface area contributed by atoms with Crippen molar-refractivity contribution in [1.29, 1.82) is 0 Å². The van der Waals surface area contributed by atoms with E-state index in [0.717, 1.165) is 13.0 Å². The highest BCUT2D eigenvalue weighted by atomic mass is 35.5. The Hall–Kier alpha value is -1.09. The maximum absolute atomic E-state index is 9.15. The zero-order valence-electron chi connectivity index (χ0n) is 10.6.